The van der Waals surface area contributed by atoms with E-state index in [1.807, 2.05) is 0 Å². The highest BCUT2D eigenvalue weighted by atomic mass is 16.5. The van der Waals surface area contributed by atoms with E-state index in [-0.39, 0.29) is 6.42 Å². The third kappa shape index (κ3) is 2.17. The maximum absolute atomic E-state index is 11.2. The van der Waals surface area contributed by atoms with Crippen LogP contribution in [0.5, 0.6) is 0 Å². The molecule has 0 rings (SSSR count). The molecule has 0 radical (unpaired) electrons. The lowest BCUT2D eigenvalue weighted by molar-refractivity contribution is -0.204. The van der Waals surface area contributed by atoms with E-state index in [1.165, 1.54) is 21.0 Å². The van der Waals surface area contributed by atoms with Crippen LogP contribution in [0.4, 0.5) is 0 Å². The molecule has 0 unspecified atom stereocenters. The number of aliphatic hydroxyl groups excluding tert-OH is 1. The summed E-state index contributed by atoms with van der Waals surface area (Å²) in [7, 11) is 1.22. The number of hydrogen-bond donors (Lipinski definition) is 3. The summed E-state index contributed by atoms with van der Waals surface area (Å²) in [5, 5.41) is 19.4. The van der Waals surface area contributed by atoms with Gasteiger partial charge in [0.15, 0.2) is 5.60 Å². The molecule has 0 aliphatic heterocycles. The van der Waals surface area contributed by atoms with Crippen LogP contribution in [0.2, 0.25) is 0 Å². The van der Waals surface area contributed by atoms with E-state index in [9.17, 15) is 19.8 Å². The van der Waals surface area contributed by atoms with Crippen LogP contribution in [0, 0.1) is 0 Å². The molecule has 0 saturated heterocycles. The molecule has 0 aromatic rings. The third-order valence-electron chi connectivity index (χ3n) is 2.71. The van der Waals surface area contributed by atoms with Crippen LogP contribution in [0.25, 0.3) is 0 Å². The molecule has 0 spiro atoms. The van der Waals surface area contributed by atoms with Crippen molar-refractivity contribution in [1.82, 2.24) is 0 Å². The van der Waals surface area contributed by atoms with Gasteiger partial charge in [-0.15, -0.1) is 0 Å². The predicted octanol–water partition coefficient (Wildman–Crippen LogP) is -1.42. The molecule has 0 fully saturated rings. The number of amides is 1. The topological polar surface area (TPSA) is 110 Å². The second-order valence-electron chi connectivity index (χ2n) is 3.61. The van der Waals surface area contributed by atoms with Crippen molar-refractivity contribution in [2.45, 2.75) is 37.6 Å². The Morgan fingerprint density at radius 1 is 1.67 bits per heavy atom. The van der Waals surface area contributed by atoms with Crippen LogP contribution in [0.15, 0.2) is 0 Å². The highest BCUT2D eigenvalue weighted by Gasteiger charge is 2.55. The molecule has 6 nitrogen and oxygen atoms in total. The summed E-state index contributed by atoms with van der Waals surface area (Å²) in [5.41, 5.74) is 1.17. The molecule has 0 saturated carbocycles. The summed E-state index contributed by atoms with van der Waals surface area (Å²) >= 11 is 0. The van der Waals surface area contributed by atoms with Crippen molar-refractivity contribution in [2.24, 2.45) is 5.73 Å². The van der Waals surface area contributed by atoms with Crippen LogP contribution in [0.3, 0.4) is 0 Å². The molecule has 0 bridgehead atoms. The third-order valence-corrected chi connectivity index (χ3v) is 2.71. The Morgan fingerprint density at radius 3 is 2.33 bits per heavy atom. The van der Waals surface area contributed by atoms with Crippen molar-refractivity contribution in [3.8, 4) is 0 Å². The molecular weight excluding hydrogens is 202 g/mol. The van der Waals surface area contributed by atoms with Crippen molar-refractivity contribution in [2.75, 3.05) is 7.11 Å². The minimum absolute atomic E-state index is 0.256. The summed E-state index contributed by atoms with van der Waals surface area (Å²) in [6, 6.07) is 0. The quantitative estimate of drug-likeness (QED) is 0.475. The summed E-state index contributed by atoms with van der Waals surface area (Å²) in [6.07, 6.45) is -1.21. The van der Waals surface area contributed by atoms with Crippen LogP contribution >= 0.6 is 0 Å². The molecule has 0 aromatic heterocycles. The predicted molar refractivity (Wildman–Crippen MR) is 51.9 cm³/mol. The lowest BCUT2D eigenvalue weighted by Crippen LogP contribution is -2.67. The van der Waals surface area contributed by atoms with Gasteiger partial charge < -0.3 is 25.5 Å². The molecule has 0 aliphatic carbocycles. The Labute approximate surface area is 88.0 Å². The van der Waals surface area contributed by atoms with E-state index < -0.39 is 23.2 Å². The first kappa shape index (κ1) is 14.0. The number of methoxy groups -OCH3 is 1. The molecule has 0 aliphatic rings. The fourth-order valence-corrected chi connectivity index (χ4v) is 1.46. The van der Waals surface area contributed by atoms with Crippen molar-refractivity contribution < 1.29 is 24.5 Å². The lowest BCUT2D eigenvalue weighted by atomic mass is 9.77. The van der Waals surface area contributed by atoms with Crippen molar-refractivity contribution in [3.63, 3.8) is 0 Å². The van der Waals surface area contributed by atoms with E-state index in [2.05, 4.69) is 0 Å². The molecule has 15 heavy (non-hydrogen) atoms. The van der Waals surface area contributed by atoms with Gasteiger partial charge in [0.1, 0.15) is 11.9 Å². The maximum Gasteiger partial charge on any atom is 0.255 e. The molecule has 6 heteroatoms. The number of ether oxygens (including phenoxy) is 1. The zero-order valence-corrected chi connectivity index (χ0v) is 9.06. The smallest absolute Gasteiger partial charge is 0.255 e. The zero-order valence-electron chi connectivity index (χ0n) is 9.06. The summed E-state index contributed by atoms with van der Waals surface area (Å²) in [6.45, 7) is 2.53. The fourth-order valence-electron chi connectivity index (χ4n) is 1.46. The van der Waals surface area contributed by atoms with E-state index in [0.29, 0.717) is 6.29 Å². The number of nitrogens with two attached hydrogens (primary N) is 1. The van der Waals surface area contributed by atoms with E-state index >= 15 is 0 Å². The normalized spacial score (nSPS) is 21.1. The van der Waals surface area contributed by atoms with E-state index in [0.717, 1.165) is 0 Å². The Kier molecular flexibility index (Phi) is 4.39. The molecule has 0 heterocycles. The molecule has 4 N–H and O–H groups in total. The van der Waals surface area contributed by atoms with Gasteiger partial charge in [0, 0.05) is 13.5 Å². The number of aldehydes is 1. The summed E-state index contributed by atoms with van der Waals surface area (Å²) in [5.74, 6) is -1.14. The Hall–Kier alpha value is -0.980. The lowest BCUT2D eigenvalue weighted by Gasteiger charge is -2.42. The summed E-state index contributed by atoms with van der Waals surface area (Å²) in [4.78, 5) is 21.6. The van der Waals surface area contributed by atoms with Crippen LogP contribution < -0.4 is 5.73 Å². The first-order chi connectivity index (χ1) is 6.76. The fraction of sp³-hybridized carbons (Fsp3) is 0.778. The minimum Gasteiger partial charge on any atom is -0.390 e. The van der Waals surface area contributed by atoms with E-state index in [1.54, 1.807) is 0 Å². The van der Waals surface area contributed by atoms with Crippen LogP contribution in [-0.2, 0) is 14.3 Å². The van der Waals surface area contributed by atoms with Gasteiger partial charge in [-0.25, -0.2) is 0 Å². The van der Waals surface area contributed by atoms with E-state index in [4.69, 9.17) is 10.5 Å². The second kappa shape index (κ2) is 4.69. The zero-order chi connectivity index (χ0) is 12.3. The van der Waals surface area contributed by atoms with Crippen molar-refractivity contribution >= 4 is 12.2 Å². The number of carbonyl (C=O) groups is 2. The SMILES string of the molecule is CO[C@](C)(CC=O)[C@](O)(C(N)=O)[C@H](C)O. The Balaban J connectivity index is 5.38. The highest BCUT2D eigenvalue weighted by molar-refractivity contribution is 5.86. The highest BCUT2D eigenvalue weighted by Crippen LogP contribution is 2.31. The Morgan fingerprint density at radius 2 is 2.13 bits per heavy atom. The number of aliphatic hydroxyl groups is 2. The van der Waals surface area contributed by atoms with Gasteiger partial charge in [-0.1, -0.05) is 0 Å². The standard InChI is InChI=1S/C9H17NO5/c1-6(12)9(14,7(10)13)8(2,15-3)4-5-11/h5-6,12,14H,4H2,1-3H3,(H2,10,13)/t6-,8+,9+/m0/s1. The van der Waals surface area contributed by atoms with Crippen LogP contribution in [-0.4, -0.2) is 46.8 Å². The largest absolute Gasteiger partial charge is 0.390 e. The number of primary amides is 1. The van der Waals surface area contributed by atoms with Crippen LogP contribution in [0.1, 0.15) is 20.3 Å². The van der Waals surface area contributed by atoms with Crippen molar-refractivity contribution in [3.05, 3.63) is 0 Å². The Bertz CT molecular complexity index is 255. The maximum atomic E-state index is 11.2. The van der Waals surface area contributed by atoms with Crippen molar-refractivity contribution in [1.29, 1.82) is 0 Å². The van der Waals surface area contributed by atoms with Gasteiger partial charge in [-0.3, -0.25) is 4.79 Å². The first-order valence-electron chi connectivity index (χ1n) is 4.45. The molecule has 0 aromatic carbocycles. The van der Waals surface area contributed by atoms with Gasteiger partial charge >= 0.3 is 0 Å². The van der Waals surface area contributed by atoms with Gasteiger partial charge in [-0.2, -0.15) is 0 Å². The monoisotopic (exact) mass is 219 g/mol. The number of hydrogen-bond acceptors (Lipinski definition) is 5. The molecular formula is C9H17NO5. The van der Waals surface area contributed by atoms with Gasteiger partial charge in [0.05, 0.1) is 6.10 Å². The minimum atomic E-state index is -2.30. The first-order valence-corrected chi connectivity index (χ1v) is 4.45. The number of carbonyl (C=O) groups excluding carboxylic acids is 2. The number of rotatable bonds is 6. The second-order valence-corrected chi connectivity index (χ2v) is 3.61. The van der Waals surface area contributed by atoms with Gasteiger partial charge in [-0.05, 0) is 13.8 Å². The van der Waals surface area contributed by atoms with Gasteiger partial charge in [0.25, 0.3) is 5.91 Å². The molecule has 3 atom stereocenters. The summed E-state index contributed by atoms with van der Waals surface area (Å²) < 4.78 is 4.92. The average Bonchev–Trinajstić information content (AvgIpc) is 2.15. The molecule has 88 valence electrons. The molecule has 1 amide bonds. The van der Waals surface area contributed by atoms with Gasteiger partial charge in [0.2, 0.25) is 0 Å². The average molecular weight is 219 g/mol.